The summed E-state index contributed by atoms with van der Waals surface area (Å²) < 4.78 is 11.1. The number of aromatic nitrogens is 5. The minimum Gasteiger partial charge on any atom is -0.201 e. The monoisotopic (exact) mass is 1340 g/mol. The Balaban J connectivity index is 0.000000159. The van der Waals surface area contributed by atoms with Gasteiger partial charge in [0.05, 0.1) is 0 Å². The minimum atomic E-state index is 0.206. The molecule has 0 bridgehead atoms. The highest BCUT2D eigenvalue weighted by molar-refractivity contribution is 5.68. The molecule has 0 amide bonds. The van der Waals surface area contributed by atoms with Gasteiger partial charge in [-0.15, -0.1) is 0 Å². The molecule has 526 valence electrons. The first-order valence-corrected chi connectivity index (χ1v) is 37.8. The molecule has 5 aromatic carbocycles. The number of aryl methyl sites for hydroxylation is 15. The van der Waals surface area contributed by atoms with Crippen LogP contribution in [0.3, 0.4) is 0 Å². The van der Waals surface area contributed by atoms with Gasteiger partial charge < -0.3 is 0 Å². The van der Waals surface area contributed by atoms with E-state index in [2.05, 4.69) is 365 Å². The SMILES string of the molecule is CCC(CC)c1ccc(-c2c(C)ccc[n+]2C)c(C)c1.Cc1cc(C(C)(C)C)ccc1-c1c(C)ccc[n+]1C.Cc1cc(C2CCCC2)ccc1-c1c(C)ccc[n+]1C.Cc1cc(C2CCCCC2)ccc1-c1c(C)ccc[n+]1C.Cc1cc(CC(C)(C)C)ccc1-c1c(C)ccc[n+]1C. The van der Waals surface area contributed by atoms with E-state index >= 15 is 0 Å². The summed E-state index contributed by atoms with van der Waals surface area (Å²) in [7, 11) is 10.6. The Hall–Kier alpha value is -8.15. The lowest BCUT2D eigenvalue weighted by molar-refractivity contribution is -0.660. The zero-order valence-electron chi connectivity index (χ0n) is 66.3. The van der Waals surface area contributed by atoms with Crippen LogP contribution in [-0.2, 0) is 47.1 Å². The Kier molecular flexibility index (Phi) is 27.1. The van der Waals surface area contributed by atoms with Gasteiger partial charge in [0.25, 0.3) is 0 Å². The zero-order valence-corrected chi connectivity index (χ0v) is 66.3. The maximum Gasteiger partial charge on any atom is 0.215 e. The summed E-state index contributed by atoms with van der Waals surface area (Å²) in [6.45, 7) is 40.3. The Morgan fingerprint density at radius 1 is 0.330 bits per heavy atom. The number of nitrogens with zero attached hydrogens (tertiary/aromatic N) is 5. The van der Waals surface area contributed by atoms with Crippen LogP contribution in [0.5, 0.6) is 0 Å². The molecular weight excluding hydrogens is 1210 g/mol. The van der Waals surface area contributed by atoms with Gasteiger partial charge in [0.2, 0.25) is 28.5 Å². The third-order valence-corrected chi connectivity index (χ3v) is 21.4. The second kappa shape index (κ2) is 35.0. The molecule has 2 fully saturated rings. The van der Waals surface area contributed by atoms with Gasteiger partial charge in [0.1, 0.15) is 35.2 Å². The average molecular weight is 1340 g/mol. The Bertz CT molecular complexity index is 4180. The summed E-state index contributed by atoms with van der Waals surface area (Å²) in [5.74, 6) is 2.28. The lowest BCUT2D eigenvalue weighted by Gasteiger charge is -2.22. The van der Waals surface area contributed by atoms with Crippen molar-refractivity contribution in [3.63, 3.8) is 0 Å². The molecule has 12 rings (SSSR count). The van der Waals surface area contributed by atoms with E-state index in [0.717, 1.165) is 18.3 Å². The molecule has 5 heterocycles. The fourth-order valence-electron chi connectivity index (χ4n) is 15.9. The molecular formula is C95H126N5+5. The quantitative estimate of drug-likeness (QED) is 0.115. The number of rotatable bonds is 11. The van der Waals surface area contributed by atoms with Crippen LogP contribution in [0.15, 0.2) is 183 Å². The van der Waals surface area contributed by atoms with Gasteiger partial charge in [-0.2, -0.15) is 0 Å². The first-order valence-electron chi connectivity index (χ1n) is 37.8. The lowest BCUT2D eigenvalue weighted by Crippen LogP contribution is -2.31. The number of pyridine rings is 5. The Morgan fingerprint density at radius 3 is 0.920 bits per heavy atom. The van der Waals surface area contributed by atoms with E-state index in [9.17, 15) is 0 Å². The summed E-state index contributed by atoms with van der Waals surface area (Å²) >= 11 is 0. The minimum absolute atomic E-state index is 0.206. The highest BCUT2D eigenvalue weighted by atomic mass is 14.9. The van der Waals surface area contributed by atoms with Gasteiger partial charge in [-0.05, 0) is 259 Å². The highest BCUT2D eigenvalue weighted by Gasteiger charge is 2.25. The molecule has 0 N–H and O–H groups in total. The third-order valence-electron chi connectivity index (χ3n) is 21.4. The van der Waals surface area contributed by atoms with Crippen molar-refractivity contribution in [3.05, 3.63) is 266 Å². The number of benzene rings is 5. The normalized spacial score (nSPS) is 13.3. The van der Waals surface area contributed by atoms with Crippen molar-refractivity contribution in [1.29, 1.82) is 0 Å². The predicted molar refractivity (Wildman–Crippen MR) is 425 cm³/mol. The van der Waals surface area contributed by atoms with Crippen molar-refractivity contribution in [2.24, 2.45) is 40.7 Å². The van der Waals surface area contributed by atoms with Crippen molar-refractivity contribution >= 4 is 0 Å². The maximum absolute atomic E-state index is 2.43. The lowest BCUT2D eigenvalue weighted by atomic mass is 9.83. The van der Waals surface area contributed by atoms with Gasteiger partial charge in [-0.1, -0.05) is 148 Å². The highest BCUT2D eigenvalue weighted by Crippen LogP contribution is 2.39. The molecule has 0 atom stereocenters. The molecule has 2 aliphatic rings. The van der Waals surface area contributed by atoms with Gasteiger partial charge in [0.15, 0.2) is 31.0 Å². The zero-order chi connectivity index (χ0) is 72.8. The van der Waals surface area contributed by atoms with Crippen molar-refractivity contribution < 1.29 is 22.8 Å². The van der Waals surface area contributed by atoms with Gasteiger partial charge in [0, 0.05) is 86.0 Å². The molecule has 0 radical (unpaired) electrons. The summed E-state index contributed by atoms with van der Waals surface area (Å²) in [5.41, 5.74) is 34.8. The van der Waals surface area contributed by atoms with Crippen LogP contribution in [0.4, 0.5) is 0 Å². The molecule has 2 saturated carbocycles. The first-order chi connectivity index (χ1) is 47.5. The molecule has 100 heavy (non-hydrogen) atoms. The predicted octanol–water partition coefficient (Wildman–Crippen LogP) is 22.5. The summed E-state index contributed by atoms with van der Waals surface area (Å²) in [5, 5.41) is 0. The Morgan fingerprint density at radius 2 is 0.630 bits per heavy atom. The summed E-state index contributed by atoms with van der Waals surface area (Å²) in [6, 6.07) is 56.4. The summed E-state index contributed by atoms with van der Waals surface area (Å²) in [6.07, 6.45) is 26.7. The molecule has 5 heteroatoms. The van der Waals surface area contributed by atoms with E-state index in [1.807, 2.05) is 0 Å². The molecule has 0 saturated heterocycles. The van der Waals surface area contributed by atoms with Crippen molar-refractivity contribution in [2.75, 3.05) is 0 Å². The topological polar surface area (TPSA) is 19.4 Å². The number of hydrogen-bond acceptors (Lipinski definition) is 0. The maximum atomic E-state index is 2.43. The fraction of sp³-hybridized carbons (Fsp3) is 0.421. The van der Waals surface area contributed by atoms with Crippen LogP contribution >= 0.6 is 0 Å². The van der Waals surface area contributed by atoms with E-state index in [1.165, 1.54) is 199 Å². The molecule has 2 aliphatic carbocycles. The van der Waals surface area contributed by atoms with Crippen LogP contribution in [0.25, 0.3) is 56.3 Å². The van der Waals surface area contributed by atoms with E-state index in [4.69, 9.17) is 0 Å². The smallest absolute Gasteiger partial charge is 0.201 e. The molecule has 10 aromatic rings. The number of hydrogen-bond donors (Lipinski definition) is 0. The van der Waals surface area contributed by atoms with Crippen LogP contribution in [0.2, 0.25) is 0 Å². The Labute approximate surface area is 607 Å². The first kappa shape index (κ1) is 77.6. The van der Waals surface area contributed by atoms with Crippen LogP contribution in [0, 0.1) is 74.7 Å². The van der Waals surface area contributed by atoms with E-state index < -0.39 is 0 Å². The van der Waals surface area contributed by atoms with Crippen LogP contribution in [0.1, 0.15) is 227 Å². The fourth-order valence-corrected chi connectivity index (χ4v) is 15.9. The second-order valence-electron chi connectivity index (χ2n) is 32.0. The second-order valence-corrected chi connectivity index (χ2v) is 32.0. The van der Waals surface area contributed by atoms with Gasteiger partial charge >= 0.3 is 0 Å². The molecule has 0 spiro atoms. The van der Waals surface area contributed by atoms with E-state index in [0.29, 0.717) is 11.3 Å². The van der Waals surface area contributed by atoms with Gasteiger partial charge in [-0.3, -0.25) is 0 Å². The molecule has 5 nitrogen and oxygen atoms in total. The van der Waals surface area contributed by atoms with E-state index in [1.54, 1.807) is 11.1 Å². The standard InChI is InChI=1S/C20H26N.C19H24N.2C19H26N.C18H24N/c1-15-8-7-13-21(3)20(15)19-12-11-18(14-16(19)2)17-9-5-4-6-10-17;1-14-7-6-12-20(3)19(14)18-11-10-17(13-15(18)2)16-8-4-5-9-16;1-14-8-7-11-20(6)18(14)17-10-9-16(12-15(17)2)13-19(3,4)5;1-6-16(7-2)17-10-11-18(15(4)13-17)19-14(3)9-8-12-20(19)5;1-13-8-7-11-19(6)17(13)16-10-9-15(12-14(16)2)18(3,4)5/h7-8,11-14,17H,4-6,9-10H2,1-3H3;6-7,10-13,16H,4-5,8-9H2,1-3H3;7-12H,13H2,1-6H3;8-13,16H,6-7H2,1-5H3;7-12H,1-6H3/q5*+1. The van der Waals surface area contributed by atoms with Crippen molar-refractivity contribution in [1.82, 2.24) is 0 Å². The summed E-state index contributed by atoms with van der Waals surface area (Å²) in [4.78, 5) is 0. The molecule has 0 unspecified atom stereocenters. The van der Waals surface area contributed by atoms with E-state index in [-0.39, 0.29) is 5.41 Å². The van der Waals surface area contributed by atoms with Crippen molar-refractivity contribution in [3.8, 4) is 56.3 Å². The van der Waals surface area contributed by atoms with Gasteiger partial charge in [-0.25, -0.2) is 22.8 Å². The van der Waals surface area contributed by atoms with Crippen LogP contribution < -0.4 is 22.8 Å². The molecule has 5 aromatic heterocycles. The largest absolute Gasteiger partial charge is 0.215 e. The molecule has 0 aliphatic heterocycles. The van der Waals surface area contributed by atoms with Crippen LogP contribution in [-0.4, -0.2) is 0 Å². The van der Waals surface area contributed by atoms with Crippen molar-refractivity contribution in [2.45, 2.75) is 225 Å². The average Bonchev–Trinajstić information content (AvgIpc) is 0.974. The third kappa shape index (κ3) is 19.9.